The largest absolute Gasteiger partial charge is 0.381 e. The second kappa shape index (κ2) is 6.00. The second-order valence-electron chi connectivity index (χ2n) is 3.75. The fourth-order valence-electron chi connectivity index (χ4n) is 1.26. The van der Waals surface area contributed by atoms with Gasteiger partial charge in [0.15, 0.2) is 0 Å². The number of likely N-dealkylation sites (N-methyl/N-ethyl adjacent to an activating group) is 1. The Labute approximate surface area is 103 Å². The summed E-state index contributed by atoms with van der Waals surface area (Å²) in [7, 11) is 1.88. The highest BCUT2D eigenvalue weighted by Gasteiger charge is 2.09. The van der Waals surface area contributed by atoms with Gasteiger partial charge in [-0.25, -0.2) is 4.68 Å². The minimum Gasteiger partial charge on any atom is -0.381 e. The Balaban J connectivity index is 2.90. The minimum atomic E-state index is -0.107. The second-order valence-corrected chi connectivity index (χ2v) is 4.54. The van der Waals surface area contributed by atoms with Gasteiger partial charge < -0.3 is 10.6 Å². The zero-order valence-electron chi connectivity index (χ0n) is 9.75. The number of nitrogens with zero attached hydrogens (tertiary/aromatic N) is 2. The first-order valence-corrected chi connectivity index (χ1v) is 6.03. The molecule has 1 heterocycles. The Morgan fingerprint density at radius 3 is 2.75 bits per heavy atom. The number of aromatic nitrogens is 2. The van der Waals surface area contributed by atoms with E-state index in [1.54, 1.807) is 6.20 Å². The van der Waals surface area contributed by atoms with Crippen molar-refractivity contribution < 1.29 is 0 Å². The van der Waals surface area contributed by atoms with Crippen LogP contribution in [0, 0.1) is 0 Å². The molecule has 2 N–H and O–H groups in total. The lowest BCUT2D eigenvalue weighted by Crippen LogP contribution is -2.27. The van der Waals surface area contributed by atoms with Crippen molar-refractivity contribution >= 4 is 21.6 Å². The maximum absolute atomic E-state index is 11.9. The summed E-state index contributed by atoms with van der Waals surface area (Å²) in [6.45, 7) is 5.44. The number of halogens is 1. The lowest BCUT2D eigenvalue weighted by molar-refractivity contribution is 0.501. The van der Waals surface area contributed by atoms with Gasteiger partial charge in [0.05, 0.1) is 17.9 Å². The van der Waals surface area contributed by atoms with Gasteiger partial charge in [-0.05, 0) is 36.8 Å². The maximum atomic E-state index is 11.9. The quantitative estimate of drug-likeness (QED) is 0.800. The lowest BCUT2D eigenvalue weighted by Gasteiger charge is -2.12. The van der Waals surface area contributed by atoms with E-state index in [0.717, 1.165) is 18.8 Å². The Bertz CT molecular complexity index is 402. The summed E-state index contributed by atoms with van der Waals surface area (Å²) in [6.07, 6.45) is 1.67. The summed E-state index contributed by atoms with van der Waals surface area (Å²) in [5.74, 6) is 0. The first kappa shape index (κ1) is 13.2. The van der Waals surface area contributed by atoms with Gasteiger partial charge in [-0.2, -0.15) is 5.10 Å². The molecular formula is C10H17BrN4O. The normalized spacial score (nSPS) is 10.8. The lowest BCUT2D eigenvalue weighted by atomic mass is 10.4. The van der Waals surface area contributed by atoms with E-state index in [9.17, 15) is 4.79 Å². The average Bonchev–Trinajstić information content (AvgIpc) is 2.24. The van der Waals surface area contributed by atoms with Crippen molar-refractivity contribution in [3.63, 3.8) is 0 Å². The molecule has 0 fully saturated rings. The molecule has 0 spiro atoms. The first-order chi connectivity index (χ1) is 7.57. The number of hydrogen-bond acceptors (Lipinski definition) is 4. The molecule has 1 aromatic heterocycles. The third kappa shape index (κ3) is 3.05. The zero-order chi connectivity index (χ0) is 12.1. The Kier molecular flexibility index (Phi) is 4.95. The van der Waals surface area contributed by atoms with E-state index >= 15 is 0 Å². The summed E-state index contributed by atoms with van der Waals surface area (Å²) in [6, 6.07) is 0.0650. The van der Waals surface area contributed by atoms with Crippen LogP contribution < -0.4 is 16.2 Å². The Morgan fingerprint density at radius 2 is 2.19 bits per heavy atom. The monoisotopic (exact) mass is 288 g/mol. The highest BCUT2D eigenvalue weighted by molar-refractivity contribution is 9.10. The zero-order valence-corrected chi connectivity index (χ0v) is 11.3. The van der Waals surface area contributed by atoms with Crippen LogP contribution in [-0.4, -0.2) is 29.9 Å². The van der Waals surface area contributed by atoms with Gasteiger partial charge in [-0.3, -0.25) is 4.79 Å². The van der Waals surface area contributed by atoms with Crippen molar-refractivity contribution in [2.24, 2.45) is 0 Å². The first-order valence-electron chi connectivity index (χ1n) is 5.23. The predicted molar refractivity (Wildman–Crippen MR) is 69.0 cm³/mol. The molecule has 0 saturated heterocycles. The topological polar surface area (TPSA) is 59.0 Å². The Morgan fingerprint density at radius 1 is 1.50 bits per heavy atom. The van der Waals surface area contributed by atoms with E-state index in [4.69, 9.17) is 0 Å². The van der Waals surface area contributed by atoms with Crippen molar-refractivity contribution in [3.05, 3.63) is 21.0 Å². The molecule has 1 rings (SSSR count). The third-order valence-corrected chi connectivity index (χ3v) is 2.89. The molecule has 16 heavy (non-hydrogen) atoms. The molecular weight excluding hydrogens is 272 g/mol. The van der Waals surface area contributed by atoms with Crippen LogP contribution in [0.2, 0.25) is 0 Å². The molecule has 5 nitrogen and oxygen atoms in total. The third-order valence-electron chi connectivity index (χ3n) is 2.12. The summed E-state index contributed by atoms with van der Waals surface area (Å²) in [5.41, 5.74) is 0.626. The van der Waals surface area contributed by atoms with Gasteiger partial charge in [-0.1, -0.05) is 0 Å². The summed E-state index contributed by atoms with van der Waals surface area (Å²) < 4.78 is 1.99. The molecule has 0 saturated carbocycles. The molecule has 6 heteroatoms. The fourth-order valence-corrected chi connectivity index (χ4v) is 1.68. The van der Waals surface area contributed by atoms with E-state index in [-0.39, 0.29) is 11.6 Å². The predicted octanol–water partition coefficient (Wildman–Crippen LogP) is 1.22. The molecule has 0 amide bonds. The van der Waals surface area contributed by atoms with Gasteiger partial charge in [0.25, 0.3) is 5.56 Å². The highest BCUT2D eigenvalue weighted by Crippen LogP contribution is 2.16. The van der Waals surface area contributed by atoms with Crippen molar-refractivity contribution in [2.45, 2.75) is 19.9 Å². The van der Waals surface area contributed by atoms with Gasteiger partial charge in [0.2, 0.25) is 0 Å². The molecule has 90 valence electrons. The van der Waals surface area contributed by atoms with E-state index in [2.05, 4.69) is 31.7 Å². The molecule has 0 aliphatic heterocycles. The van der Waals surface area contributed by atoms with E-state index in [0.29, 0.717) is 4.47 Å². The van der Waals surface area contributed by atoms with Gasteiger partial charge in [-0.15, -0.1) is 0 Å². The SMILES string of the molecule is CNCCNc1cnn(C(C)C)c(=O)c1Br. The maximum Gasteiger partial charge on any atom is 0.283 e. The van der Waals surface area contributed by atoms with Crippen LogP contribution in [0.15, 0.2) is 15.5 Å². The van der Waals surface area contributed by atoms with Gasteiger partial charge in [0, 0.05) is 13.1 Å². The van der Waals surface area contributed by atoms with Crippen molar-refractivity contribution in [2.75, 3.05) is 25.5 Å². The van der Waals surface area contributed by atoms with Crippen molar-refractivity contribution in [1.82, 2.24) is 15.1 Å². The van der Waals surface area contributed by atoms with Crippen LogP contribution in [-0.2, 0) is 0 Å². The van der Waals surface area contributed by atoms with E-state index in [1.165, 1.54) is 4.68 Å². The highest BCUT2D eigenvalue weighted by atomic mass is 79.9. The molecule has 1 aromatic rings. The van der Waals surface area contributed by atoms with Crippen LogP contribution in [0.5, 0.6) is 0 Å². The fraction of sp³-hybridized carbons (Fsp3) is 0.600. The van der Waals surface area contributed by atoms with Crippen LogP contribution in [0.1, 0.15) is 19.9 Å². The average molecular weight is 289 g/mol. The van der Waals surface area contributed by atoms with Crippen molar-refractivity contribution in [1.29, 1.82) is 0 Å². The Hall–Kier alpha value is -0.880. The molecule has 0 atom stereocenters. The number of anilines is 1. The van der Waals surface area contributed by atoms with Crippen LogP contribution in [0.4, 0.5) is 5.69 Å². The van der Waals surface area contributed by atoms with Gasteiger partial charge in [0.1, 0.15) is 4.47 Å². The molecule has 0 bridgehead atoms. The number of hydrogen-bond donors (Lipinski definition) is 2. The molecule has 0 radical (unpaired) electrons. The summed E-state index contributed by atoms with van der Waals surface area (Å²) >= 11 is 3.30. The summed E-state index contributed by atoms with van der Waals surface area (Å²) in [4.78, 5) is 11.9. The smallest absolute Gasteiger partial charge is 0.283 e. The van der Waals surface area contributed by atoms with E-state index < -0.39 is 0 Å². The van der Waals surface area contributed by atoms with Crippen LogP contribution in [0.3, 0.4) is 0 Å². The van der Waals surface area contributed by atoms with Crippen LogP contribution >= 0.6 is 15.9 Å². The van der Waals surface area contributed by atoms with E-state index in [1.807, 2.05) is 20.9 Å². The van der Waals surface area contributed by atoms with Crippen molar-refractivity contribution in [3.8, 4) is 0 Å². The molecule has 0 aliphatic carbocycles. The molecule has 0 aromatic carbocycles. The minimum absolute atomic E-state index is 0.0650. The summed E-state index contributed by atoms with van der Waals surface area (Å²) in [5, 5.41) is 10.3. The number of nitrogens with one attached hydrogen (secondary N) is 2. The standard InChI is InChI=1S/C10H17BrN4O/c1-7(2)15-10(16)9(11)8(6-14-15)13-5-4-12-3/h6-7,12-13H,4-5H2,1-3H3. The molecule has 0 unspecified atom stereocenters. The van der Waals surface area contributed by atoms with Crippen LogP contribution in [0.25, 0.3) is 0 Å². The molecule has 0 aliphatic rings. The van der Waals surface area contributed by atoms with Gasteiger partial charge >= 0.3 is 0 Å². The number of rotatable bonds is 5.